The largest absolute Gasteiger partial charge is 0.465 e. The van der Waals surface area contributed by atoms with Crippen LogP contribution < -0.4 is 5.73 Å². The maximum atomic E-state index is 11.5. The predicted octanol–water partition coefficient (Wildman–Crippen LogP) is 2.77. The van der Waals surface area contributed by atoms with Crippen molar-refractivity contribution in [1.29, 1.82) is 0 Å². The molecule has 92 valence electrons. The summed E-state index contributed by atoms with van der Waals surface area (Å²) in [6.45, 7) is 0. The quantitative estimate of drug-likeness (QED) is 0.668. The number of rotatable bonds is 2. The minimum atomic E-state index is -0.433. The lowest BCUT2D eigenvalue weighted by molar-refractivity contribution is 0.0601. The molecule has 0 aliphatic heterocycles. The van der Waals surface area contributed by atoms with Crippen LogP contribution in [0, 0.1) is 0 Å². The molecule has 0 bridgehead atoms. The molecular formula is C13H11ClN2O2. The molecule has 18 heavy (non-hydrogen) atoms. The van der Waals surface area contributed by atoms with Gasteiger partial charge in [-0.3, -0.25) is 4.98 Å². The molecule has 2 aromatic rings. The smallest absolute Gasteiger partial charge is 0.337 e. The zero-order valence-electron chi connectivity index (χ0n) is 9.68. The van der Waals surface area contributed by atoms with E-state index in [-0.39, 0.29) is 0 Å². The number of aromatic nitrogens is 1. The van der Waals surface area contributed by atoms with E-state index in [4.69, 9.17) is 17.3 Å². The molecule has 0 unspecified atom stereocenters. The molecule has 1 aromatic heterocycles. The van der Waals surface area contributed by atoms with E-state index in [1.165, 1.54) is 13.3 Å². The number of carbonyl (C=O) groups excluding carboxylic acids is 1. The summed E-state index contributed by atoms with van der Waals surface area (Å²) in [6, 6.07) is 8.47. The Morgan fingerprint density at radius 1 is 1.33 bits per heavy atom. The Morgan fingerprint density at radius 2 is 2.11 bits per heavy atom. The molecule has 0 radical (unpaired) electrons. The zero-order chi connectivity index (χ0) is 13.1. The van der Waals surface area contributed by atoms with Gasteiger partial charge in [-0.1, -0.05) is 11.6 Å². The van der Waals surface area contributed by atoms with Gasteiger partial charge in [0.25, 0.3) is 0 Å². The van der Waals surface area contributed by atoms with Crippen LogP contribution in [-0.2, 0) is 4.74 Å². The number of anilines is 1. The third-order valence-corrected chi connectivity index (χ3v) is 2.62. The van der Waals surface area contributed by atoms with Crippen LogP contribution in [0.1, 0.15) is 10.4 Å². The van der Waals surface area contributed by atoms with Gasteiger partial charge < -0.3 is 10.5 Å². The normalized spacial score (nSPS) is 10.1. The Bertz CT molecular complexity index is 582. The Kier molecular flexibility index (Phi) is 3.48. The lowest BCUT2D eigenvalue weighted by Crippen LogP contribution is -2.02. The fraction of sp³-hybridized carbons (Fsp3) is 0.0769. The monoisotopic (exact) mass is 262 g/mol. The van der Waals surface area contributed by atoms with Crippen LogP contribution in [0.2, 0.25) is 5.02 Å². The van der Waals surface area contributed by atoms with Gasteiger partial charge >= 0.3 is 5.97 Å². The fourth-order valence-corrected chi connectivity index (χ4v) is 1.69. The lowest BCUT2D eigenvalue weighted by Gasteiger charge is -2.06. The minimum Gasteiger partial charge on any atom is -0.465 e. The standard InChI is InChI=1S/C13H11ClN2O2/c1-18-13(17)9-4-8(5-11(15)6-9)12-3-2-10(14)7-16-12/h2-7H,15H2,1H3. The van der Waals surface area contributed by atoms with Crippen molar-refractivity contribution in [3.63, 3.8) is 0 Å². The number of nitrogens with two attached hydrogens (primary N) is 1. The molecule has 0 saturated carbocycles. The van der Waals surface area contributed by atoms with Crippen molar-refractivity contribution in [2.75, 3.05) is 12.8 Å². The summed E-state index contributed by atoms with van der Waals surface area (Å²) in [5.41, 5.74) is 8.06. The van der Waals surface area contributed by atoms with Crippen LogP contribution in [0.25, 0.3) is 11.3 Å². The first-order valence-corrected chi connectivity index (χ1v) is 5.59. The van der Waals surface area contributed by atoms with E-state index >= 15 is 0 Å². The van der Waals surface area contributed by atoms with Crippen molar-refractivity contribution in [3.8, 4) is 11.3 Å². The summed E-state index contributed by atoms with van der Waals surface area (Å²) >= 11 is 5.77. The summed E-state index contributed by atoms with van der Waals surface area (Å²) in [4.78, 5) is 15.7. The second-order valence-corrected chi connectivity index (χ2v) is 4.13. The molecular weight excluding hydrogens is 252 g/mol. The van der Waals surface area contributed by atoms with Gasteiger partial charge in [-0.05, 0) is 30.3 Å². The highest BCUT2D eigenvalue weighted by Crippen LogP contribution is 2.23. The number of nitrogen functional groups attached to an aromatic ring is 1. The van der Waals surface area contributed by atoms with Crippen molar-refractivity contribution in [1.82, 2.24) is 4.98 Å². The molecule has 0 fully saturated rings. The molecule has 2 N–H and O–H groups in total. The van der Waals surface area contributed by atoms with Gasteiger partial charge in [-0.25, -0.2) is 4.79 Å². The van der Waals surface area contributed by atoms with Crippen molar-refractivity contribution in [3.05, 3.63) is 47.1 Å². The highest BCUT2D eigenvalue weighted by molar-refractivity contribution is 6.30. The maximum absolute atomic E-state index is 11.5. The van der Waals surface area contributed by atoms with E-state index < -0.39 is 5.97 Å². The summed E-state index contributed by atoms with van der Waals surface area (Å²) in [5.74, 6) is -0.433. The van der Waals surface area contributed by atoms with Crippen LogP contribution in [0.5, 0.6) is 0 Å². The van der Waals surface area contributed by atoms with Gasteiger partial charge in [0.15, 0.2) is 0 Å². The molecule has 0 spiro atoms. The third-order valence-electron chi connectivity index (χ3n) is 2.40. The Labute approximate surface area is 109 Å². The number of hydrogen-bond donors (Lipinski definition) is 1. The van der Waals surface area contributed by atoms with E-state index in [0.717, 1.165) is 5.56 Å². The molecule has 1 aromatic carbocycles. The van der Waals surface area contributed by atoms with Crippen LogP contribution in [0.3, 0.4) is 0 Å². The lowest BCUT2D eigenvalue weighted by atomic mass is 10.1. The van der Waals surface area contributed by atoms with Gasteiger partial charge in [-0.15, -0.1) is 0 Å². The molecule has 0 atom stereocenters. The molecule has 4 nitrogen and oxygen atoms in total. The van der Waals surface area contributed by atoms with Gasteiger partial charge in [0.2, 0.25) is 0 Å². The Morgan fingerprint density at radius 3 is 2.72 bits per heavy atom. The first-order valence-electron chi connectivity index (χ1n) is 5.21. The number of ether oxygens (including phenoxy) is 1. The third kappa shape index (κ3) is 2.60. The van der Waals surface area contributed by atoms with Crippen LogP contribution >= 0.6 is 11.6 Å². The van der Waals surface area contributed by atoms with E-state index in [1.54, 1.807) is 30.3 Å². The highest BCUT2D eigenvalue weighted by Gasteiger charge is 2.09. The number of carbonyl (C=O) groups is 1. The Hall–Kier alpha value is -2.07. The van der Waals surface area contributed by atoms with Gasteiger partial charge in [0.1, 0.15) is 0 Å². The SMILES string of the molecule is COC(=O)c1cc(N)cc(-c2ccc(Cl)cn2)c1. The topological polar surface area (TPSA) is 65.2 Å². The molecule has 0 aliphatic rings. The summed E-state index contributed by atoms with van der Waals surface area (Å²) in [6.07, 6.45) is 1.54. The number of benzene rings is 1. The number of hydrogen-bond acceptors (Lipinski definition) is 4. The molecule has 5 heteroatoms. The van der Waals surface area contributed by atoms with Crippen LogP contribution in [-0.4, -0.2) is 18.1 Å². The van der Waals surface area contributed by atoms with E-state index in [9.17, 15) is 4.79 Å². The van der Waals surface area contributed by atoms with Crippen LogP contribution in [0.4, 0.5) is 5.69 Å². The average molecular weight is 263 g/mol. The summed E-state index contributed by atoms with van der Waals surface area (Å²) in [7, 11) is 1.33. The second-order valence-electron chi connectivity index (χ2n) is 3.70. The van der Waals surface area contributed by atoms with E-state index in [0.29, 0.717) is 22.0 Å². The number of methoxy groups -OCH3 is 1. The van der Waals surface area contributed by atoms with Crippen molar-refractivity contribution in [2.24, 2.45) is 0 Å². The first kappa shape index (κ1) is 12.4. The number of esters is 1. The maximum Gasteiger partial charge on any atom is 0.337 e. The number of pyridine rings is 1. The first-order chi connectivity index (χ1) is 8.60. The predicted molar refractivity (Wildman–Crippen MR) is 70.4 cm³/mol. The highest BCUT2D eigenvalue weighted by atomic mass is 35.5. The van der Waals surface area contributed by atoms with Gasteiger partial charge in [-0.2, -0.15) is 0 Å². The zero-order valence-corrected chi connectivity index (χ0v) is 10.4. The Balaban J connectivity index is 2.48. The van der Waals surface area contributed by atoms with Crippen LogP contribution in [0.15, 0.2) is 36.5 Å². The van der Waals surface area contributed by atoms with E-state index in [2.05, 4.69) is 9.72 Å². The molecule has 0 saturated heterocycles. The van der Waals surface area contributed by atoms with Crippen molar-refractivity contribution in [2.45, 2.75) is 0 Å². The number of halogens is 1. The molecule has 1 heterocycles. The molecule has 0 amide bonds. The van der Waals surface area contributed by atoms with Crippen molar-refractivity contribution < 1.29 is 9.53 Å². The van der Waals surface area contributed by atoms with E-state index in [1.807, 2.05) is 0 Å². The second kappa shape index (κ2) is 5.06. The van der Waals surface area contributed by atoms with Crippen molar-refractivity contribution >= 4 is 23.3 Å². The summed E-state index contributed by atoms with van der Waals surface area (Å²) < 4.78 is 4.67. The molecule has 2 rings (SSSR count). The van der Waals surface area contributed by atoms with Gasteiger partial charge in [0, 0.05) is 17.4 Å². The fourth-order valence-electron chi connectivity index (χ4n) is 1.58. The minimum absolute atomic E-state index is 0.393. The molecule has 0 aliphatic carbocycles. The summed E-state index contributed by atoms with van der Waals surface area (Å²) in [5, 5.41) is 0.552. The van der Waals surface area contributed by atoms with Gasteiger partial charge in [0.05, 0.1) is 23.4 Å². The number of nitrogens with zero attached hydrogens (tertiary/aromatic N) is 1. The average Bonchev–Trinajstić information content (AvgIpc) is 2.38.